The van der Waals surface area contributed by atoms with E-state index in [1.165, 1.54) is 12.3 Å². The molecule has 5 unspecified atom stereocenters. The van der Waals surface area contributed by atoms with E-state index < -0.39 is 11.7 Å². The van der Waals surface area contributed by atoms with Crippen LogP contribution in [0.5, 0.6) is 0 Å². The van der Waals surface area contributed by atoms with Crippen LogP contribution >= 0.6 is 0 Å². The monoisotopic (exact) mass is 503 g/mol. The lowest BCUT2D eigenvalue weighted by molar-refractivity contribution is -0.0562. The predicted octanol–water partition coefficient (Wildman–Crippen LogP) is 5.80. The Morgan fingerprint density at radius 2 is 1.95 bits per heavy atom. The number of nitrogens with one attached hydrogen (secondary N) is 1. The average Bonchev–Trinajstić information content (AvgIpc) is 2.87. The number of aromatic nitrogens is 3. The number of halogens is 1. The standard InChI is InChI=1S/C29H34FN5O2/c1-15(2)25-16(3)10-18-11-24(25)37-14-17(4)19-6-5-7-21(30)26(19)28-33-12-22(31)27(35-28)29(36)34-23-13-32-9-8-20(18)23/h5-9,12-13,15-18,24-25H,10-11,14,31H2,1-4H3,(H,34,36). The topological polar surface area (TPSA) is 103 Å². The maximum Gasteiger partial charge on any atom is 0.276 e. The van der Waals surface area contributed by atoms with Crippen LogP contribution in [0.25, 0.3) is 11.4 Å². The van der Waals surface area contributed by atoms with Gasteiger partial charge < -0.3 is 15.8 Å². The lowest BCUT2D eigenvalue weighted by Gasteiger charge is -2.43. The second-order valence-electron chi connectivity index (χ2n) is 10.9. The maximum absolute atomic E-state index is 15.2. The third kappa shape index (κ3) is 4.82. The minimum Gasteiger partial charge on any atom is -0.396 e. The molecule has 1 amide bonds. The molecule has 1 saturated carbocycles. The van der Waals surface area contributed by atoms with Crippen LogP contribution in [0.4, 0.5) is 15.8 Å². The second-order valence-corrected chi connectivity index (χ2v) is 10.9. The van der Waals surface area contributed by atoms with Crippen molar-refractivity contribution in [2.24, 2.45) is 17.8 Å². The smallest absolute Gasteiger partial charge is 0.276 e. The van der Waals surface area contributed by atoms with E-state index >= 15 is 4.39 Å². The zero-order chi connectivity index (χ0) is 26.3. The highest BCUT2D eigenvalue weighted by molar-refractivity contribution is 6.06. The van der Waals surface area contributed by atoms with Gasteiger partial charge in [-0.2, -0.15) is 0 Å². The van der Waals surface area contributed by atoms with E-state index in [1.807, 2.05) is 19.1 Å². The molecule has 0 radical (unpaired) electrons. The second kappa shape index (κ2) is 10.2. The molecule has 1 aromatic carbocycles. The molecule has 1 fully saturated rings. The molecule has 2 aliphatic rings. The van der Waals surface area contributed by atoms with Crippen molar-refractivity contribution in [2.45, 2.75) is 58.5 Å². The van der Waals surface area contributed by atoms with Crippen molar-refractivity contribution in [3.63, 3.8) is 0 Å². The molecular formula is C29H34FN5O2. The minimum atomic E-state index is -0.479. The van der Waals surface area contributed by atoms with E-state index in [9.17, 15) is 4.79 Å². The maximum atomic E-state index is 15.2. The van der Waals surface area contributed by atoms with Gasteiger partial charge in [-0.1, -0.05) is 39.8 Å². The molecule has 0 spiro atoms. The SMILES string of the molecule is CC1COC2CC(CC(C)C2C(C)C)c2ccncc2NC(=O)c2nc(ncc2N)-c2c(F)cccc21. The quantitative estimate of drug-likeness (QED) is 0.435. The number of hydrogen-bond donors (Lipinski definition) is 2. The molecule has 7 nitrogen and oxygen atoms in total. The Labute approximate surface area is 217 Å². The molecule has 194 valence electrons. The van der Waals surface area contributed by atoms with Gasteiger partial charge in [0.1, 0.15) is 5.82 Å². The van der Waals surface area contributed by atoms with Crippen molar-refractivity contribution in [3.05, 3.63) is 65.5 Å². The molecule has 5 atom stereocenters. The van der Waals surface area contributed by atoms with E-state index in [-0.39, 0.29) is 40.7 Å². The van der Waals surface area contributed by atoms with E-state index in [0.29, 0.717) is 30.0 Å². The van der Waals surface area contributed by atoms with Crippen LogP contribution in [0.3, 0.4) is 0 Å². The van der Waals surface area contributed by atoms with Crippen molar-refractivity contribution in [2.75, 3.05) is 17.7 Å². The molecule has 3 heterocycles. The van der Waals surface area contributed by atoms with Crippen LogP contribution in [0.1, 0.15) is 74.0 Å². The minimum absolute atomic E-state index is 0.00235. The Morgan fingerprint density at radius 3 is 2.73 bits per heavy atom. The predicted molar refractivity (Wildman–Crippen MR) is 142 cm³/mol. The molecule has 1 aliphatic carbocycles. The largest absolute Gasteiger partial charge is 0.396 e. The first-order chi connectivity index (χ1) is 17.7. The van der Waals surface area contributed by atoms with Gasteiger partial charge in [0.2, 0.25) is 0 Å². The number of fused-ring (bicyclic) bond motifs is 8. The summed E-state index contributed by atoms with van der Waals surface area (Å²) in [7, 11) is 0. The highest BCUT2D eigenvalue weighted by Gasteiger charge is 2.39. The molecule has 1 aliphatic heterocycles. The molecule has 3 N–H and O–H groups in total. The van der Waals surface area contributed by atoms with Crippen LogP contribution in [-0.2, 0) is 4.74 Å². The number of hydrogen-bond acceptors (Lipinski definition) is 6. The number of amides is 1. The summed E-state index contributed by atoms with van der Waals surface area (Å²) in [5.41, 5.74) is 8.89. The highest BCUT2D eigenvalue weighted by atomic mass is 19.1. The van der Waals surface area contributed by atoms with Gasteiger partial charge in [-0.3, -0.25) is 9.78 Å². The van der Waals surface area contributed by atoms with Gasteiger partial charge in [0.15, 0.2) is 11.5 Å². The summed E-state index contributed by atoms with van der Waals surface area (Å²) in [5, 5.41) is 2.97. The van der Waals surface area contributed by atoms with E-state index in [1.54, 1.807) is 18.5 Å². The number of benzene rings is 1. The Bertz CT molecular complexity index is 1310. The lowest BCUT2D eigenvalue weighted by Crippen LogP contribution is -2.40. The van der Waals surface area contributed by atoms with Crippen LogP contribution < -0.4 is 11.1 Å². The summed E-state index contributed by atoms with van der Waals surface area (Å²) in [4.78, 5) is 26.4. The summed E-state index contributed by atoms with van der Waals surface area (Å²) < 4.78 is 21.9. The third-order valence-corrected chi connectivity index (χ3v) is 7.96. The summed E-state index contributed by atoms with van der Waals surface area (Å²) >= 11 is 0. The Morgan fingerprint density at radius 1 is 1.14 bits per heavy atom. The van der Waals surface area contributed by atoms with E-state index in [4.69, 9.17) is 10.5 Å². The Kier molecular flexibility index (Phi) is 6.94. The number of anilines is 2. The fraction of sp³-hybridized carbons (Fsp3) is 0.448. The number of carbonyl (C=O) groups excluding carboxylic acids is 1. The summed E-state index contributed by atoms with van der Waals surface area (Å²) in [6.07, 6.45) is 6.63. The van der Waals surface area contributed by atoms with Crippen molar-refractivity contribution < 1.29 is 13.9 Å². The summed E-state index contributed by atoms with van der Waals surface area (Å²) in [5.74, 6) is 0.534. The summed E-state index contributed by atoms with van der Waals surface area (Å²) in [6.45, 7) is 9.25. The van der Waals surface area contributed by atoms with Gasteiger partial charge in [0.25, 0.3) is 5.91 Å². The van der Waals surface area contributed by atoms with E-state index in [2.05, 4.69) is 41.0 Å². The van der Waals surface area contributed by atoms with Crippen molar-refractivity contribution in [3.8, 4) is 11.4 Å². The highest BCUT2D eigenvalue weighted by Crippen LogP contribution is 2.46. The molecule has 8 heteroatoms. The molecule has 37 heavy (non-hydrogen) atoms. The zero-order valence-electron chi connectivity index (χ0n) is 21.7. The molecular weight excluding hydrogens is 469 g/mol. The summed E-state index contributed by atoms with van der Waals surface area (Å²) in [6, 6.07) is 6.91. The number of pyridine rings is 1. The number of nitrogen functional groups attached to an aromatic ring is 1. The van der Waals surface area contributed by atoms with Crippen LogP contribution in [-0.4, -0.2) is 33.6 Å². The first-order valence-electron chi connectivity index (χ1n) is 13.0. The van der Waals surface area contributed by atoms with Gasteiger partial charge in [0, 0.05) is 12.1 Å². The van der Waals surface area contributed by atoms with Crippen LogP contribution in [0.2, 0.25) is 0 Å². The lowest BCUT2D eigenvalue weighted by atomic mass is 9.67. The first-order valence-corrected chi connectivity index (χ1v) is 13.0. The third-order valence-electron chi connectivity index (χ3n) is 7.96. The van der Waals surface area contributed by atoms with Gasteiger partial charge >= 0.3 is 0 Å². The molecule has 4 bridgehead atoms. The Hall–Kier alpha value is -3.39. The number of ether oxygens (including phenoxy) is 1. The van der Waals surface area contributed by atoms with Gasteiger partial charge in [-0.05, 0) is 59.8 Å². The molecule has 5 rings (SSSR count). The van der Waals surface area contributed by atoms with Crippen LogP contribution in [0, 0.1) is 23.6 Å². The van der Waals surface area contributed by atoms with Gasteiger partial charge in [-0.15, -0.1) is 0 Å². The first kappa shape index (κ1) is 25.3. The number of carbonyl (C=O) groups is 1. The fourth-order valence-corrected chi connectivity index (χ4v) is 6.31. The fourth-order valence-electron chi connectivity index (χ4n) is 6.31. The number of rotatable bonds is 1. The van der Waals surface area contributed by atoms with Crippen molar-refractivity contribution >= 4 is 17.3 Å². The molecule has 0 saturated heterocycles. The number of nitrogens with zero attached hydrogens (tertiary/aromatic N) is 3. The van der Waals surface area contributed by atoms with Gasteiger partial charge in [0.05, 0.1) is 42.0 Å². The van der Waals surface area contributed by atoms with Crippen LogP contribution in [0.15, 0.2) is 42.9 Å². The Balaban J connectivity index is 1.66. The zero-order valence-corrected chi connectivity index (χ0v) is 21.7. The average molecular weight is 504 g/mol. The normalized spacial score (nSPS) is 25.9. The van der Waals surface area contributed by atoms with Crippen molar-refractivity contribution in [1.29, 1.82) is 0 Å². The van der Waals surface area contributed by atoms with Crippen molar-refractivity contribution in [1.82, 2.24) is 15.0 Å². The van der Waals surface area contributed by atoms with Gasteiger partial charge in [-0.25, -0.2) is 14.4 Å². The molecule has 2 aromatic heterocycles. The number of nitrogens with two attached hydrogens (primary N) is 1. The van der Waals surface area contributed by atoms with E-state index in [0.717, 1.165) is 24.0 Å². The molecule has 3 aromatic rings.